The van der Waals surface area contributed by atoms with E-state index >= 15 is 0 Å². The van der Waals surface area contributed by atoms with E-state index in [1.54, 1.807) is 0 Å². The molecule has 4 rings (SSSR count). The lowest BCUT2D eigenvalue weighted by molar-refractivity contribution is 0.679. The Morgan fingerprint density at radius 2 is 1.71 bits per heavy atom. The first-order valence-corrected chi connectivity index (χ1v) is 7.56. The van der Waals surface area contributed by atoms with E-state index in [2.05, 4.69) is 64.9 Å². The second kappa shape index (κ2) is 5.21. The Morgan fingerprint density at radius 3 is 2.52 bits per heavy atom. The molecule has 1 aliphatic carbocycles. The third kappa shape index (κ3) is 2.62. The first-order valence-electron chi connectivity index (χ1n) is 7.56. The van der Waals surface area contributed by atoms with Gasteiger partial charge < -0.3 is 5.32 Å². The van der Waals surface area contributed by atoms with Crippen molar-refractivity contribution in [2.45, 2.75) is 18.9 Å². The highest BCUT2D eigenvalue weighted by molar-refractivity contribution is 5.81. The fourth-order valence-corrected chi connectivity index (χ4v) is 2.89. The van der Waals surface area contributed by atoms with Gasteiger partial charge in [-0.25, -0.2) is 0 Å². The van der Waals surface area contributed by atoms with E-state index in [1.807, 2.05) is 12.3 Å². The molecule has 0 bridgehead atoms. The molecule has 1 saturated carbocycles. The number of rotatable bonds is 4. The third-order valence-corrected chi connectivity index (χ3v) is 4.16. The van der Waals surface area contributed by atoms with Gasteiger partial charge in [0.15, 0.2) is 0 Å². The molecule has 1 heterocycles. The average molecular weight is 274 g/mol. The van der Waals surface area contributed by atoms with Crippen LogP contribution in [0.3, 0.4) is 0 Å². The lowest BCUT2D eigenvalue weighted by Gasteiger charge is -2.20. The van der Waals surface area contributed by atoms with Crippen LogP contribution in [0.5, 0.6) is 0 Å². The fourth-order valence-electron chi connectivity index (χ4n) is 2.89. The van der Waals surface area contributed by atoms with Crippen LogP contribution in [0.15, 0.2) is 66.9 Å². The first kappa shape index (κ1) is 12.4. The molecule has 1 unspecified atom stereocenters. The van der Waals surface area contributed by atoms with Gasteiger partial charge in [-0.05, 0) is 36.5 Å². The number of pyridine rings is 1. The number of aromatic nitrogens is 1. The van der Waals surface area contributed by atoms with Gasteiger partial charge >= 0.3 is 0 Å². The Hall–Kier alpha value is -2.35. The summed E-state index contributed by atoms with van der Waals surface area (Å²) in [5, 5.41) is 4.87. The molecule has 1 aliphatic rings. The predicted octanol–water partition coefficient (Wildman–Crippen LogP) is 4.80. The van der Waals surface area contributed by atoms with Crippen LogP contribution in [0.1, 0.15) is 24.4 Å². The van der Waals surface area contributed by atoms with Crippen LogP contribution in [-0.2, 0) is 0 Å². The second-order valence-electron chi connectivity index (χ2n) is 5.79. The normalized spacial score (nSPS) is 15.8. The monoisotopic (exact) mass is 274 g/mol. The number of para-hydroxylation sites is 1. The number of benzene rings is 2. The van der Waals surface area contributed by atoms with Gasteiger partial charge in [0.25, 0.3) is 0 Å². The molecule has 3 aromatic rings. The van der Waals surface area contributed by atoms with Crippen molar-refractivity contribution in [3.8, 4) is 0 Å². The third-order valence-electron chi connectivity index (χ3n) is 4.16. The minimum Gasteiger partial charge on any atom is -0.377 e. The largest absolute Gasteiger partial charge is 0.377 e. The maximum absolute atomic E-state index is 4.55. The van der Waals surface area contributed by atoms with Crippen molar-refractivity contribution >= 4 is 16.6 Å². The van der Waals surface area contributed by atoms with E-state index in [1.165, 1.54) is 23.8 Å². The molecule has 21 heavy (non-hydrogen) atoms. The van der Waals surface area contributed by atoms with Crippen molar-refractivity contribution in [1.29, 1.82) is 0 Å². The van der Waals surface area contributed by atoms with Gasteiger partial charge in [-0.3, -0.25) is 4.98 Å². The van der Waals surface area contributed by atoms with E-state index in [0.717, 1.165) is 17.1 Å². The second-order valence-corrected chi connectivity index (χ2v) is 5.79. The number of fused-ring (bicyclic) bond motifs is 1. The molecule has 1 fully saturated rings. The zero-order chi connectivity index (χ0) is 14.1. The zero-order valence-electron chi connectivity index (χ0n) is 11.9. The lowest BCUT2D eigenvalue weighted by Crippen LogP contribution is -2.12. The summed E-state index contributed by atoms with van der Waals surface area (Å²) < 4.78 is 0. The van der Waals surface area contributed by atoms with E-state index in [9.17, 15) is 0 Å². The number of nitrogens with zero attached hydrogens (tertiary/aromatic N) is 1. The Morgan fingerprint density at radius 1 is 0.952 bits per heavy atom. The summed E-state index contributed by atoms with van der Waals surface area (Å²) in [7, 11) is 0. The van der Waals surface area contributed by atoms with Gasteiger partial charge in [-0.2, -0.15) is 0 Å². The molecule has 104 valence electrons. The molecule has 1 atom stereocenters. The number of nitrogens with one attached hydrogen (secondary N) is 1. The smallest absolute Gasteiger partial charge is 0.0703 e. The van der Waals surface area contributed by atoms with Gasteiger partial charge in [-0.15, -0.1) is 0 Å². The van der Waals surface area contributed by atoms with Gasteiger partial charge in [0.05, 0.1) is 23.4 Å². The van der Waals surface area contributed by atoms with E-state index in [0.29, 0.717) is 6.04 Å². The zero-order valence-corrected chi connectivity index (χ0v) is 11.9. The maximum atomic E-state index is 4.55. The quantitative estimate of drug-likeness (QED) is 0.739. The van der Waals surface area contributed by atoms with Gasteiger partial charge in [0.1, 0.15) is 0 Å². The van der Waals surface area contributed by atoms with Crippen LogP contribution in [0.4, 0.5) is 5.69 Å². The number of anilines is 1. The Balaban J connectivity index is 1.65. The molecule has 0 aliphatic heterocycles. The fraction of sp³-hybridized carbons (Fsp3) is 0.211. The molecule has 0 radical (unpaired) electrons. The van der Waals surface area contributed by atoms with Gasteiger partial charge in [0, 0.05) is 5.39 Å². The van der Waals surface area contributed by atoms with Crippen molar-refractivity contribution in [1.82, 2.24) is 4.98 Å². The lowest BCUT2D eigenvalue weighted by atomic mass is 10.0. The molecule has 2 heteroatoms. The summed E-state index contributed by atoms with van der Waals surface area (Å²) in [5.41, 5.74) is 3.52. The Labute approximate surface area is 124 Å². The molecular formula is C19H18N2. The summed E-state index contributed by atoms with van der Waals surface area (Å²) in [6, 6.07) is 21.6. The first-order chi connectivity index (χ1) is 10.4. The van der Waals surface area contributed by atoms with Crippen molar-refractivity contribution in [3.05, 3.63) is 72.4 Å². The standard InChI is InChI=1S/C19H18N2/c1-2-6-14(7-3-1)19(15-10-11-15)21-17-12-16-8-4-5-9-18(16)20-13-17/h1-9,12-13,15,19,21H,10-11H2. The molecule has 0 amide bonds. The summed E-state index contributed by atoms with van der Waals surface area (Å²) in [5.74, 6) is 0.749. The molecule has 2 nitrogen and oxygen atoms in total. The number of hydrogen-bond acceptors (Lipinski definition) is 2. The van der Waals surface area contributed by atoms with Crippen LogP contribution >= 0.6 is 0 Å². The van der Waals surface area contributed by atoms with Crippen LogP contribution in [0.2, 0.25) is 0 Å². The summed E-state index contributed by atoms with van der Waals surface area (Å²) in [6.07, 6.45) is 4.57. The summed E-state index contributed by atoms with van der Waals surface area (Å²) in [6.45, 7) is 0. The highest BCUT2D eigenvalue weighted by Gasteiger charge is 2.32. The Bertz CT molecular complexity index is 748. The highest BCUT2D eigenvalue weighted by atomic mass is 14.9. The molecule has 1 aromatic heterocycles. The van der Waals surface area contributed by atoms with Crippen LogP contribution in [0.25, 0.3) is 10.9 Å². The van der Waals surface area contributed by atoms with E-state index in [-0.39, 0.29) is 0 Å². The summed E-state index contributed by atoms with van der Waals surface area (Å²) in [4.78, 5) is 4.55. The Kier molecular flexibility index (Phi) is 3.07. The number of hydrogen-bond donors (Lipinski definition) is 1. The average Bonchev–Trinajstić information content (AvgIpc) is 3.38. The molecular weight excluding hydrogens is 256 g/mol. The summed E-state index contributed by atoms with van der Waals surface area (Å²) >= 11 is 0. The van der Waals surface area contributed by atoms with Crippen LogP contribution in [0, 0.1) is 5.92 Å². The van der Waals surface area contributed by atoms with Gasteiger partial charge in [-0.1, -0.05) is 48.5 Å². The molecule has 1 N–H and O–H groups in total. The maximum Gasteiger partial charge on any atom is 0.0703 e. The van der Waals surface area contributed by atoms with Crippen LogP contribution in [-0.4, -0.2) is 4.98 Å². The SMILES string of the molecule is c1ccc(C(Nc2cnc3ccccc3c2)C2CC2)cc1. The van der Waals surface area contributed by atoms with Gasteiger partial charge in [0.2, 0.25) is 0 Å². The van der Waals surface area contributed by atoms with E-state index < -0.39 is 0 Å². The minimum atomic E-state index is 0.397. The minimum absolute atomic E-state index is 0.397. The van der Waals surface area contributed by atoms with Crippen molar-refractivity contribution in [2.24, 2.45) is 5.92 Å². The van der Waals surface area contributed by atoms with E-state index in [4.69, 9.17) is 0 Å². The van der Waals surface area contributed by atoms with Crippen molar-refractivity contribution in [3.63, 3.8) is 0 Å². The molecule has 0 spiro atoms. The predicted molar refractivity (Wildman–Crippen MR) is 87.3 cm³/mol. The molecule has 0 saturated heterocycles. The molecule has 2 aromatic carbocycles. The van der Waals surface area contributed by atoms with Crippen LogP contribution < -0.4 is 5.32 Å². The topological polar surface area (TPSA) is 24.9 Å². The highest BCUT2D eigenvalue weighted by Crippen LogP contribution is 2.42. The van der Waals surface area contributed by atoms with Crippen molar-refractivity contribution in [2.75, 3.05) is 5.32 Å². The van der Waals surface area contributed by atoms with Crippen molar-refractivity contribution < 1.29 is 0 Å².